The normalized spacial score (nSPS) is 26.4. The van der Waals surface area contributed by atoms with Crippen LogP contribution >= 0.6 is 0 Å². The molecule has 1 aromatic heterocycles. The number of nitrogens with zero attached hydrogens (tertiary/aromatic N) is 3. The van der Waals surface area contributed by atoms with E-state index in [4.69, 9.17) is 4.52 Å². The SMILES string of the molecule is Cc1noc(CCN2CCC(=O)C(C)C2C)n1. The molecule has 2 heterocycles. The Morgan fingerprint density at radius 3 is 2.88 bits per heavy atom. The van der Waals surface area contributed by atoms with Crippen molar-refractivity contribution in [2.24, 2.45) is 5.92 Å². The van der Waals surface area contributed by atoms with Crippen molar-refractivity contribution in [1.82, 2.24) is 15.0 Å². The van der Waals surface area contributed by atoms with Crippen molar-refractivity contribution in [3.63, 3.8) is 0 Å². The summed E-state index contributed by atoms with van der Waals surface area (Å²) in [7, 11) is 0. The molecule has 94 valence electrons. The highest BCUT2D eigenvalue weighted by molar-refractivity contribution is 5.82. The van der Waals surface area contributed by atoms with E-state index < -0.39 is 0 Å². The maximum absolute atomic E-state index is 11.6. The predicted molar refractivity (Wildman–Crippen MR) is 62.6 cm³/mol. The molecule has 1 saturated heterocycles. The maximum atomic E-state index is 11.6. The third-order valence-corrected chi connectivity index (χ3v) is 3.64. The van der Waals surface area contributed by atoms with Crippen LogP contribution in [0.3, 0.4) is 0 Å². The standard InChI is InChI=1S/C12H19N3O2/c1-8-9(2)15(6-4-11(8)16)7-5-12-13-10(3)14-17-12/h8-9H,4-7H2,1-3H3. The van der Waals surface area contributed by atoms with Crippen LogP contribution in [0.2, 0.25) is 0 Å². The van der Waals surface area contributed by atoms with E-state index in [0.29, 0.717) is 30.0 Å². The average Bonchev–Trinajstić information content (AvgIpc) is 2.71. The molecule has 0 saturated carbocycles. The Balaban J connectivity index is 1.89. The van der Waals surface area contributed by atoms with Crippen LogP contribution < -0.4 is 0 Å². The van der Waals surface area contributed by atoms with Gasteiger partial charge in [0.25, 0.3) is 0 Å². The Hall–Kier alpha value is -1.23. The highest BCUT2D eigenvalue weighted by atomic mass is 16.5. The third kappa shape index (κ3) is 2.72. The van der Waals surface area contributed by atoms with Gasteiger partial charge < -0.3 is 4.52 Å². The first-order valence-corrected chi connectivity index (χ1v) is 6.14. The third-order valence-electron chi connectivity index (χ3n) is 3.64. The zero-order valence-corrected chi connectivity index (χ0v) is 10.6. The summed E-state index contributed by atoms with van der Waals surface area (Å²) in [5.41, 5.74) is 0. The van der Waals surface area contributed by atoms with Crippen LogP contribution in [0, 0.1) is 12.8 Å². The minimum absolute atomic E-state index is 0.133. The molecular weight excluding hydrogens is 218 g/mol. The average molecular weight is 237 g/mol. The first-order valence-electron chi connectivity index (χ1n) is 6.14. The van der Waals surface area contributed by atoms with Crippen molar-refractivity contribution in [1.29, 1.82) is 0 Å². The van der Waals surface area contributed by atoms with Gasteiger partial charge in [-0.15, -0.1) is 0 Å². The van der Waals surface area contributed by atoms with Crippen LogP contribution in [0.5, 0.6) is 0 Å². The number of hydrogen-bond acceptors (Lipinski definition) is 5. The van der Waals surface area contributed by atoms with Gasteiger partial charge in [-0.3, -0.25) is 9.69 Å². The molecule has 0 aromatic carbocycles. The Morgan fingerprint density at radius 1 is 1.47 bits per heavy atom. The fourth-order valence-electron chi connectivity index (χ4n) is 2.27. The minimum Gasteiger partial charge on any atom is -0.339 e. The number of rotatable bonds is 3. The number of ketones is 1. The van der Waals surface area contributed by atoms with Gasteiger partial charge in [0, 0.05) is 37.9 Å². The van der Waals surface area contributed by atoms with Crippen LogP contribution in [0.1, 0.15) is 32.0 Å². The second kappa shape index (κ2) is 4.96. The van der Waals surface area contributed by atoms with E-state index in [2.05, 4.69) is 22.0 Å². The van der Waals surface area contributed by atoms with E-state index >= 15 is 0 Å². The summed E-state index contributed by atoms with van der Waals surface area (Å²) >= 11 is 0. The van der Waals surface area contributed by atoms with Gasteiger partial charge in [-0.2, -0.15) is 4.98 Å². The molecule has 1 aliphatic heterocycles. The van der Waals surface area contributed by atoms with Gasteiger partial charge in [-0.05, 0) is 13.8 Å². The predicted octanol–water partition coefficient (Wildman–Crippen LogP) is 1.22. The number of Topliss-reactive ketones (excluding diaryl/α,β-unsaturated/α-hetero) is 1. The lowest BCUT2D eigenvalue weighted by atomic mass is 9.90. The molecule has 1 aromatic rings. The Kier molecular flexibility index (Phi) is 3.57. The zero-order valence-electron chi connectivity index (χ0n) is 10.6. The number of aromatic nitrogens is 2. The molecule has 2 rings (SSSR count). The highest BCUT2D eigenvalue weighted by Crippen LogP contribution is 2.20. The maximum Gasteiger partial charge on any atom is 0.227 e. The van der Waals surface area contributed by atoms with Gasteiger partial charge in [-0.1, -0.05) is 12.1 Å². The van der Waals surface area contributed by atoms with Gasteiger partial charge in [-0.25, -0.2) is 0 Å². The first-order chi connectivity index (χ1) is 8.08. The van der Waals surface area contributed by atoms with Gasteiger partial charge in [0.1, 0.15) is 5.78 Å². The summed E-state index contributed by atoms with van der Waals surface area (Å²) in [5.74, 6) is 1.87. The van der Waals surface area contributed by atoms with Crippen LogP contribution in [0.4, 0.5) is 0 Å². The van der Waals surface area contributed by atoms with Crippen LogP contribution in [0.15, 0.2) is 4.52 Å². The molecule has 0 amide bonds. The Morgan fingerprint density at radius 2 is 2.24 bits per heavy atom. The molecule has 0 spiro atoms. The summed E-state index contributed by atoms with van der Waals surface area (Å²) in [6.45, 7) is 7.66. The lowest BCUT2D eigenvalue weighted by Crippen LogP contribution is -2.47. The van der Waals surface area contributed by atoms with E-state index in [1.54, 1.807) is 0 Å². The number of aryl methyl sites for hydroxylation is 1. The summed E-state index contributed by atoms with van der Waals surface area (Å²) in [6, 6.07) is 0.306. The molecule has 17 heavy (non-hydrogen) atoms. The van der Waals surface area contributed by atoms with E-state index in [1.165, 1.54) is 0 Å². The number of hydrogen-bond donors (Lipinski definition) is 0. The fourth-order valence-corrected chi connectivity index (χ4v) is 2.27. The second-order valence-electron chi connectivity index (χ2n) is 4.77. The minimum atomic E-state index is 0.133. The number of carbonyl (C=O) groups is 1. The molecular formula is C12H19N3O2. The molecule has 0 radical (unpaired) electrons. The van der Waals surface area contributed by atoms with Gasteiger partial charge in [0.15, 0.2) is 5.82 Å². The summed E-state index contributed by atoms with van der Waals surface area (Å²) in [5, 5.41) is 3.77. The first kappa shape index (κ1) is 12.2. The highest BCUT2D eigenvalue weighted by Gasteiger charge is 2.30. The fraction of sp³-hybridized carbons (Fsp3) is 0.750. The van der Waals surface area contributed by atoms with Crippen LogP contribution in [-0.2, 0) is 11.2 Å². The van der Waals surface area contributed by atoms with Crippen LogP contribution in [0.25, 0.3) is 0 Å². The number of carbonyl (C=O) groups excluding carboxylic acids is 1. The van der Waals surface area contributed by atoms with E-state index in [9.17, 15) is 4.79 Å². The lowest BCUT2D eigenvalue weighted by molar-refractivity contribution is -0.127. The molecule has 0 bridgehead atoms. The topological polar surface area (TPSA) is 59.2 Å². The van der Waals surface area contributed by atoms with Crippen molar-refractivity contribution in [3.8, 4) is 0 Å². The molecule has 0 aliphatic carbocycles. The molecule has 0 N–H and O–H groups in total. The van der Waals surface area contributed by atoms with Gasteiger partial charge in [0.05, 0.1) is 0 Å². The van der Waals surface area contributed by atoms with E-state index in [-0.39, 0.29) is 5.92 Å². The molecule has 1 fully saturated rings. The zero-order chi connectivity index (χ0) is 12.4. The Labute approximate surface area is 101 Å². The molecule has 2 atom stereocenters. The van der Waals surface area contributed by atoms with Gasteiger partial charge >= 0.3 is 0 Å². The van der Waals surface area contributed by atoms with E-state index in [1.807, 2.05) is 13.8 Å². The van der Waals surface area contributed by atoms with E-state index in [0.717, 1.165) is 19.5 Å². The van der Waals surface area contributed by atoms with Crippen molar-refractivity contribution in [2.45, 2.75) is 39.7 Å². The second-order valence-corrected chi connectivity index (χ2v) is 4.77. The molecule has 2 unspecified atom stereocenters. The van der Waals surface area contributed by atoms with Gasteiger partial charge in [0.2, 0.25) is 5.89 Å². The lowest BCUT2D eigenvalue weighted by Gasteiger charge is -2.36. The van der Waals surface area contributed by atoms with Crippen molar-refractivity contribution in [3.05, 3.63) is 11.7 Å². The van der Waals surface area contributed by atoms with Crippen molar-refractivity contribution in [2.75, 3.05) is 13.1 Å². The summed E-state index contributed by atoms with van der Waals surface area (Å²) in [6.07, 6.45) is 1.42. The smallest absolute Gasteiger partial charge is 0.227 e. The number of likely N-dealkylation sites (tertiary alicyclic amines) is 1. The molecule has 5 nitrogen and oxygen atoms in total. The quantitative estimate of drug-likeness (QED) is 0.791. The summed E-state index contributed by atoms with van der Waals surface area (Å²) < 4.78 is 5.08. The monoisotopic (exact) mass is 237 g/mol. The van der Waals surface area contributed by atoms with Crippen molar-refractivity contribution >= 4 is 5.78 Å². The molecule has 1 aliphatic rings. The van der Waals surface area contributed by atoms with Crippen molar-refractivity contribution < 1.29 is 9.32 Å². The largest absolute Gasteiger partial charge is 0.339 e. The number of piperidine rings is 1. The summed E-state index contributed by atoms with van der Waals surface area (Å²) in [4.78, 5) is 18.1. The molecule has 5 heteroatoms. The Bertz CT molecular complexity index is 402. The van der Waals surface area contributed by atoms with Crippen LogP contribution in [-0.4, -0.2) is 40.0 Å².